The first-order chi connectivity index (χ1) is 15.9. The monoisotopic (exact) mass is 487 g/mol. The van der Waals surface area contributed by atoms with Gasteiger partial charge in [0.2, 0.25) is 10.0 Å². The summed E-state index contributed by atoms with van der Waals surface area (Å²) >= 11 is 6.18. The topological polar surface area (TPSA) is 91.7 Å². The first kappa shape index (κ1) is 23.5. The number of hydrogen-bond acceptors (Lipinski definition) is 5. The average molecular weight is 488 g/mol. The molecule has 0 spiro atoms. The molecule has 0 unspecified atom stereocenters. The van der Waals surface area contributed by atoms with Crippen molar-refractivity contribution < 1.29 is 17.6 Å². The zero-order valence-corrected chi connectivity index (χ0v) is 19.6. The van der Waals surface area contributed by atoms with Gasteiger partial charge in [0.15, 0.2) is 0 Å². The maximum atomic E-state index is 12.9. The van der Waals surface area contributed by atoms with Crippen molar-refractivity contribution in [3.63, 3.8) is 0 Å². The first-order valence-electron chi connectivity index (χ1n) is 10.8. The van der Waals surface area contributed by atoms with Gasteiger partial charge in [-0.3, -0.25) is 9.69 Å². The van der Waals surface area contributed by atoms with Crippen LogP contribution < -0.4 is 10.0 Å². The average Bonchev–Trinajstić information content (AvgIpc) is 3.54. The van der Waals surface area contributed by atoms with E-state index in [2.05, 4.69) is 14.9 Å². The molecule has 3 aromatic rings. The first-order valence-corrected chi connectivity index (χ1v) is 12.7. The molecule has 1 aromatic heterocycles. The van der Waals surface area contributed by atoms with Crippen LogP contribution in [0.25, 0.3) is 0 Å². The third-order valence-corrected chi connectivity index (χ3v) is 7.58. The molecule has 1 atom stereocenters. The van der Waals surface area contributed by atoms with Gasteiger partial charge in [0, 0.05) is 18.7 Å². The van der Waals surface area contributed by atoms with Gasteiger partial charge in [0.1, 0.15) is 10.7 Å². The van der Waals surface area contributed by atoms with E-state index < -0.39 is 10.0 Å². The molecule has 33 heavy (non-hydrogen) atoms. The van der Waals surface area contributed by atoms with E-state index in [9.17, 15) is 13.2 Å². The Balaban J connectivity index is 1.46. The van der Waals surface area contributed by atoms with Crippen molar-refractivity contribution in [2.45, 2.75) is 30.3 Å². The summed E-state index contributed by atoms with van der Waals surface area (Å²) in [5, 5.41) is 2.97. The van der Waals surface area contributed by atoms with Gasteiger partial charge in [0.25, 0.3) is 5.91 Å². The van der Waals surface area contributed by atoms with Crippen LogP contribution in [0.2, 0.25) is 5.02 Å². The highest BCUT2D eigenvalue weighted by atomic mass is 35.5. The van der Waals surface area contributed by atoms with Crippen LogP contribution >= 0.6 is 11.6 Å². The number of rotatable bonds is 9. The molecule has 7 nitrogen and oxygen atoms in total. The highest BCUT2D eigenvalue weighted by Crippen LogP contribution is 2.26. The van der Waals surface area contributed by atoms with Gasteiger partial charge < -0.3 is 9.73 Å². The van der Waals surface area contributed by atoms with Crippen LogP contribution in [-0.2, 0) is 16.6 Å². The van der Waals surface area contributed by atoms with Crippen molar-refractivity contribution in [3.8, 4) is 0 Å². The van der Waals surface area contributed by atoms with Crippen molar-refractivity contribution in [3.05, 3.63) is 88.8 Å². The molecule has 174 valence electrons. The van der Waals surface area contributed by atoms with Crippen LogP contribution in [-0.4, -0.2) is 38.9 Å². The number of carbonyl (C=O) groups is 1. The largest absolute Gasteiger partial charge is 0.468 e. The van der Waals surface area contributed by atoms with E-state index in [-0.39, 0.29) is 34.0 Å². The summed E-state index contributed by atoms with van der Waals surface area (Å²) in [7, 11) is -3.91. The molecule has 1 aliphatic heterocycles. The second kappa shape index (κ2) is 10.5. The van der Waals surface area contributed by atoms with E-state index in [0.717, 1.165) is 37.3 Å². The fourth-order valence-electron chi connectivity index (χ4n) is 3.94. The van der Waals surface area contributed by atoms with Gasteiger partial charge in [-0.2, -0.15) is 0 Å². The summed E-state index contributed by atoms with van der Waals surface area (Å²) in [6.07, 6.45) is 3.85. The summed E-state index contributed by atoms with van der Waals surface area (Å²) in [4.78, 5) is 15.0. The molecule has 1 saturated heterocycles. The van der Waals surface area contributed by atoms with E-state index in [4.69, 9.17) is 16.0 Å². The standard InChI is InChI=1S/C24H26ClN3O4S/c25-20-11-10-19(15-23(20)33(30,31)27-16-18-7-2-1-3-8-18)24(29)26-17-21(22-9-6-14-32-22)28-12-4-5-13-28/h1-3,6-11,14-15,21,27H,4-5,12-13,16-17H2,(H,26,29)/t21-/m1/s1. The summed E-state index contributed by atoms with van der Waals surface area (Å²) < 4.78 is 33.8. The molecule has 0 aliphatic carbocycles. The third kappa shape index (κ3) is 5.83. The maximum Gasteiger partial charge on any atom is 0.251 e. The fourth-order valence-corrected chi connectivity index (χ4v) is 5.48. The second-order valence-electron chi connectivity index (χ2n) is 7.94. The summed E-state index contributed by atoms with van der Waals surface area (Å²) in [5.74, 6) is 0.420. The Hall–Kier alpha value is -2.65. The molecule has 2 aromatic carbocycles. The minimum atomic E-state index is -3.91. The number of furan rings is 1. The van der Waals surface area contributed by atoms with Crippen molar-refractivity contribution >= 4 is 27.5 Å². The third-order valence-electron chi connectivity index (χ3n) is 5.70. The lowest BCUT2D eigenvalue weighted by molar-refractivity contribution is 0.0933. The normalized spacial score (nSPS) is 15.4. The smallest absolute Gasteiger partial charge is 0.251 e. The molecule has 2 N–H and O–H groups in total. The van der Waals surface area contributed by atoms with Crippen molar-refractivity contribution in [2.75, 3.05) is 19.6 Å². The van der Waals surface area contributed by atoms with Crippen LogP contribution in [0.4, 0.5) is 0 Å². The van der Waals surface area contributed by atoms with E-state index >= 15 is 0 Å². The lowest BCUT2D eigenvalue weighted by Crippen LogP contribution is -2.36. The number of nitrogens with zero attached hydrogens (tertiary/aromatic N) is 1. The van der Waals surface area contributed by atoms with Crippen LogP contribution in [0.3, 0.4) is 0 Å². The van der Waals surface area contributed by atoms with Crippen LogP contribution in [0.1, 0.15) is 40.6 Å². The van der Waals surface area contributed by atoms with E-state index in [1.165, 1.54) is 18.2 Å². The molecule has 0 saturated carbocycles. The number of halogens is 1. The SMILES string of the molecule is O=C(NC[C@H](c1ccco1)N1CCCC1)c1ccc(Cl)c(S(=O)(=O)NCc2ccccc2)c1. The molecule has 0 bridgehead atoms. The van der Waals surface area contributed by atoms with E-state index in [1.807, 2.05) is 42.5 Å². The second-order valence-corrected chi connectivity index (χ2v) is 10.1. The predicted molar refractivity (Wildman–Crippen MR) is 127 cm³/mol. The maximum absolute atomic E-state index is 12.9. The number of amides is 1. The Labute approximate surface area is 198 Å². The number of hydrogen-bond donors (Lipinski definition) is 2. The molecular weight excluding hydrogens is 462 g/mol. The number of likely N-dealkylation sites (tertiary alicyclic amines) is 1. The molecular formula is C24H26ClN3O4S. The summed E-state index contributed by atoms with van der Waals surface area (Å²) in [6.45, 7) is 2.36. The number of nitrogens with one attached hydrogen (secondary N) is 2. The Kier molecular flexibility index (Phi) is 7.49. The number of carbonyl (C=O) groups excluding carboxylic acids is 1. The molecule has 4 rings (SSSR count). The van der Waals surface area contributed by atoms with Crippen molar-refractivity contribution in [1.29, 1.82) is 0 Å². The molecule has 1 amide bonds. The van der Waals surface area contributed by atoms with Gasteiger partial charge in [-0.15, -0.1) is 0 Å². The summed E-state index contributed by atoms with van der Waals surface area (Å²) in [6, 6.07) is 17.1. The lowest BCUT2D eigenvalue weighted by atomic mass is 10.1. The van der Waals surface area contributed by atoms with Crippen LogP contribution in [0, 0.1) is 0 Å². The van der Waals surface area contributed by atoms with E-state index in [1.54, 1.807) is 6.26 Å². The van der Waals surface area contributed by atoms with Crippen LogP contribution in [0.5, 0.6) is 0 Å². The van der Waals surface area contributed by atoms with Gasteiger partial charge in [-0.25, -0.2) is 13.1 Å². The Morgan fingerprint density at radius 1 is 1.06 bits per heavy atom. The van der Waals surface area contributed by atoms with E-state index in [0.29, 0.717) is 6.54 Å². The molecule has 9 heteroatoms. The Morgan fingerprint density at radius 3 is 2.52 bits per heavy atom. The minimum absolute atomic E-state index is 0.0534. The Bertz CT molecular complexity index is 1180. The molecule has 0 radical (unpaired) electrons. The molecule has 2 heterocycles. The number of benzene rings is 2. The number of sulfonamides is 1. The van der Waals surface area contributed by atoms with Gasteiger partial charge in [-0.1, -0.05) is 41.9 Å². The molecule has 1 aliphatic rings. The highest BCUT2D eigenvalue weighted by Gasteiger charge is 2.26. The summed E-state index contributed by atoms with van der Waals surface area (Å²) in [5.41, 5.74) is 1.04. The fraction of sp³-hybridized carbons (Fsp3) is 0.292. The van der Waals surface area contributed by atoms with Crippen molar-refractivity contribution in [1.82, 2.24) is 14.9 Å². The predicted octanol–water partition coefficient (Wildman–Crippen LogP) is 3.98. The van der Waals surface area contributed by atoms with Gasteiger partial charge in [0.05, 0.1) is 17.3 Å². The Morgan fingerprint density at radius 2 is 1.82 bits per heavy atom. The molecule has 1 fully saturated rings. The quantitative estimate of drug-likeness (QED) is 0.476. The lowest BCUT2D eigenvalue weighted by Gasteiger charge is -2.26. The zero-order valence-electron chi connectivity index (χ0n) is 18.0. The zero-order chi connectivity index (χ0) is 23.3. The highest BCUT2D eigenvalue weighted by molar-refractivity contribution is 7.89. The van der Waals surface area contributed by atoms with Crippen LogP contribution in [0.15, 0.2) is 76.2 Å². The van der Waals surface area contributed by atoms with Crippen molar-refractivity contribution in [2.24, 2.45) is 0 Å². The minimum Gasteiger partial charge on any atom is -0.468 e. The van der Waals surface area contributed by atoms with Gasteiger partial charge in [-0.05, 0) is 61.8 Å². The van der Waals surface area contributed by atoms with Gasteiger partial charge >= 0.3 is 0 Å².